The zero-order chi connectivity index (χ0) is 10.2. The van der Waals surface area contributed by atoms with Crippen LogP contribution < -0.4 is 5.30 Å². The van der Waals surface area contributed by atoms with Crippen molar-refractivity contribution in [1.29, 1.82) is 0 Å². The molecule has 0 amide bonds. The van der Waals surface area contributed by atoms with E-state index in [9.17, 15) is 0 Å². The minimum absolute atomic E-state index is 0.955. The SMILES string of the molecule is Cc1cc(C)c(P(=S)(Cl)Cl)c(C)c1. The fourth-order valence-electron chi connectivity index (χ4n) is 1.58. The first-order valence-corrected chi connectivity index (χ1v) is 8.51. The second-order valence-electron chi connectivity index (χ2n) is 3.21. The molecule has 0 spiro atoms. The standard InChI is InChI=1S/C9H11Cl2PS/c1-6-4-7(2)9(8(3)5-6)12(10,11)13/h4-5H,1-3H3. The number of hydrogen-bond donors (Lipinski definition) is 0. The van der Waals surface area contributed by atoms with Gasteiger partial charge in [0.05, 0.1) is 0 Å². The van der Waals surface area contributed by atoms with E-state index in [4.69, 9.17) is 34.3 Å². The van der Waals surface area contributed by atoms with Gasteiger partial charge < -0.3 is 0 Å². The summed E-state index contributed by atoms with van der Waals surface area (Å²) in [7, 11) is 0. The second kappa shape index (κ2) is 3.90. The summed E-state index contributed by atoms with van der Waals surface area (Å²) in [6.07, 6.45) is 0. The predicted octanol–water partition coefficient (Wildman–Crippen LogP) is 4.02. The lowest BCUT2D eigenvalue weighted by Crippen LogP contribution is -2.08. The fraction of sp³-hybridized carbons (Fsp3) is 0.333. The summed E-state index contributed by atoms with van der Waals surface area (Å²) in [4.78, 5) is 0. The van der Waals surface area contributed by atoms with E-state index in [1.165, 1.54) is 5.56 Å². The van der Waals surface area contributed by atoms with Crippen molar-refractivity contribution in [2.24, 2.45) is 0 Å². The van der Waals surface area contributed by atoms with E-state index in [-0.39, 0.29) is 0 Å². The van der Waals surface area contributed by atoms with Gasteiger partial charge in [-0.05, 0) is 31.9 Å². The van der Waals surface area contributed by atoms with Crippen LogP contribution in [0.2, 0.25) is 0 Å². The molecule has 0 fully saturated rings. The molecule has 0 aliphatic heterocycles. The Kier molecular flexibility index (Phi) is 3.46. The highest BCUT2D eigenvalue weighted by atomic mass is 35.9. The Balaban J connectivity index is 3.47. The van der Waals surface area contributed by atoms with Crippen LogP contribution in [0.3, 0.4) is 0 Å². The largest absolute Gasteiger partial charge is 0.147 e. The van der Waals surface area contributed by atoms with Crippen LogP contribution >= 0.6 is 27.2 Å². The van der Waals surface area contributed by atoms with Crippen LogP contribution in [0.1, 0.15) is 16.7 Å². The molecule has 0 bridgehead atoms. The van der Waals surface area contributed by atoms with Gasteiger partial charge in [0.1, 0.15) is 4.74 Å². The Labute approximate surface area is 93.8 Å². The summed E-state index contributed by atoms with van der Waals surface area (Å²) >= 11 is 17.1. The molecular weight excluding hydrogens is 242 g/mol. The van der Waals surface area contributed by atoms with Gasteiger partial charge in [-0.25, -0.2) is 0 Å². The molecule has 0 unspecified atom stereocenters. The maximum absolute atomic E-state index is 6.01. The Morgan fingerprint density at radius 2 is 1.46 bits per heavy atom. The van der Waals surface area contributed by atoms with E-state index in [1.54, 1.807) is 0 Å². The number of rotatable bonds is 1. The van der Waals surface area contributed by atoms with E-state index >= 15 is 0 Å². The van der Waals surface area contributed by atoms with E-state index in [0.29, 0.717) is 0 Å². The smallest absolute Gasteiger partial charge is 0.0632 e. The van der Waals surface area contributed by atoms with Crippen LogP contribution in [0.15, 0.2) is 12.1 Å². The molecule has 0 saturated carbocycles. The molecule has 4 heteroatoms. The maximum Gasteiger partial charge on any atom is 0.147 e. The van der Waals surface area contributed by atoms with Gasteiger partial charge >= 0.3 is 0 Å². The van der Waals surface area contributed by atoms with Gasteiger partial charge in [-0.1, -0.05) is 52.0 Å². The molecule has 0 N–H and O–H groups in total. The van der Waals surface area contributed by atoms with Gasteiger partial charge in [0.15, 0.2) is 0 Å². The molecule has 1 aromatic rings. The van der Waals surface area contributed by atoms with Gasteiger partial charge in [0, 0.05) is 5.30 Å². The third-order valence-electron chi connectivity index (χ3n) is 1.90. The third-order valence-corrected chi connectivity index (χ3v) is 4.68. The molecular formula is C9H11Cl2PS. The van der Waals surface area contributed by atoms with Gasteiger partial charge in [-0.15, -0.1) is 0 Å². The van der Waals surface area contributed by atoms with Crippen molar-refractivity contribution >= 4 is 44.3 Å². The van der Waals surface area contributed by atoms with E-state index in [1.807, 2.05) is 13.8 Å². The quantitative estimate of drug-likeness (QED) is 0.681. The number of benzene rings is 1. The topological polar surface area (TPSA) is 0 Å². The molecule has 0 radical (unpaired) electrons. The van der Waals surface area contributed by atoms with Gasteiger partial charge in [-0.2, -0.15) is 0 Å². The van der Waals surface area contributed by atoms with Crippen molar-refractivity contribution in [3.8, 4) is 0 Å². The van der Waals surface area contributed by atoms with Gasteiger partial charge in [-0.3, -0.25) is 0 Å². The molecule has 13 heavy (non-hydrogen) atoms. The minimum atomic E-state index is -2.34. The summed E-state index contributed by atoms with van der Waals surface area (Å²) in [6.45, 7) is 6.05. The average Bonchev–Trinajstić information content (AvgIpc) is 1.78. The third kappa shape index (κ3) is 2.70. The first-order valence-electron chi connectivity index (χ1n) is 3.90. The Morgan fingerprint density at radius 1 is 1.08 bits per heavy atom. The summed E-state index contributed by atoms with van der Waals surface area (Å²) in [5, 5.41) is 0.955. The van der Waals surface area contributed by atoms with Crippen LogP contribution in [-0.2, 0) is 11.8 Å². The van der Waals surface area contributed by atoms with Crippen LogP contribution in [0, 0.1) is 20.8 Å². The highest BCUT2D eigenvalue weighted by molar-refractivity contribution is 8.42. The zero-order valence-electron chi connectivity index (χ0n) is 7.77. The highest BCUT2D eigenvalue weighted by Gasteiger charge is 2.17. The minimum Gasteiger partial charge on any atom is -0.0632 e. The van der Waals surface area contributed by atoms with Crippen LogP contribution in [0.5, 0.6) is 0 Å². The summed E-state index contributed by atoms with van der Waals surface area (Å²) in [6, 6.07) is 4.13. The monoisotopic (exact) mass is 252 g/mol. The highest BCUT2D eigenvalue weighted by Crippen LogP contribution is 2.57. The number of hydrogen-bond acceptors (Lipinski definition) is 1. The molecule has 1 aromatic carbocycles. The maximum atomic E-state index is 6.01. The Bertz CT molecular complexity index is 358. The van der Waals surface area contributed by atoms with E-state index < -0.39 is 4.74 Å². The summed E-state index contributed by atoms with van der Waals surface area (Å²) in [5.74, 6) is 0. The number of aryl methyl sites for hydroxylation is 3. The lowest BCUT2D eigenvalue weighted by Gasteiger charge is -2.13. The lowest BCUT2D eigenvalue weighted by atomic mass is 10.1. The normalized spacial score (nSPS) is 11.8. The Morgan fingerprint density at radius 3 is 1.77 bits per heavy atom. The lowest BCUT2D eigenvalue weighted by molar-refractivity contribution is 1.36. The van der Waals surface area contributed by atoms with E-state index in [2.05, 4.69) is 19.1 Å². The van der Waals surface area contributed by atoms with Crippen LogP contribution in [-0.4, -0.2) is 0 Å². The summed E-state index contributed by atoms with van der Waals surface area (Å²) in [5.41, 5.74) is 3.42. The van der Waals surface area contributed by atoms with Gasteiger partial charge in [0.2, 0.25) is 0 Å². The van der Waals surface area contributed by atoms with Crippen molar-refractivity contribution in [1.82, 2.24) is 0 Å². The fourth-order valence-corrected chi connectivity index (χ4v) is 5.00. The molecule has 1 rings (SSSR count). The first kappa shape index (κ1) is 11.5. The molecule has 0 aliphatic carbocycles. The van der Waals surface area contributed by atoms with E-state index in [0.717, 1.165) is 16.4 Å². The first-order chi connectivity index (χ1) is 5.82. The molecule has 0 aliphatic rings. The van der Waals surface area contributed by atoms with Crippen molar-refractivity contribution in [2.75, 3.05) is 0 Å². The Hall–Kier alpha value is 0.450. The van der Waals surface area contributed by atoms with Crippen LogP contribution in [0.4, 0.5) is 0 Å². The second-order valence-corrected chi connectivity index (χ2v) is 11.0. The predicted molar refractivity (Wildman–Crippen MR) is 66.3 cm³/mol. The molecule has 0 atom stereocenters. The van der Waals surface area contributed by atoms with Crippen molar-refractivity contribution in [3.63, 3.8) is 0 Å². The molecule has 0 saturated heterocycles. The van der Waals surface area contributed by atoms with Crippen molar-refractivity contribution < 1.29 is 0 Å². The molecule has 0 aromatic heterocycles. The van der Waals surface area contributed by atoms with Crippen molar-refractivity contribution in [3.05, 3.63) is 28.8 Å². The zero-order valence-corrected chi connectivity index (χ0v) is 11.0. The molecule has 0 heterocycles. The average molecular weight is 253 g/mol. The molecule has 72 valence electrons. The van der Waals surface area contributed by atoms with Gasteiger partial charge in [0.25, 0.3) is 0 Å². The van der Waals surface area contributed by atoms with Crippen molar-refractivity contribution in [2.45, 2.75) is 20.8 Å². The molecule has 0 nitrogen and oxygen atoms in total. The summed E-state index contributed by atoms with van der Waals surface area (Å²) < 4.78 is -2.34. The number of halogens is 2. The van der Waals surface area contributed by atoms with Crippen LogP contribution in [0.25, 0.3) is 0 Å².